The zero-order valence-corrected chi connectivity index (χ0v) is 16.3. The van der Waals surface area contributed by atoms with Gasteiger partial charge >= 0.3 is 0 Å². The van der Waals surface area contributed by atoms with Gasteiger partial charge in [-0.1, -0.05) is 54.1 Å². The first-order valence-electron chi connectivity index (χ1n) is 8.75. The molecule has 0 aliphatic heterocycles. The lowest BCUT2D eigenvalue weighted by Crippen LogP contribution is -2.20. The van der Waals surface area contributed by atoms with Gasteiger partial charge in [0.1, 0.15) is 6.54 Å². The van der Waals surface area contributed by atoms with Crippen molar-refractivity contribution in [3.8, 4) is 22.6 Å². The highest BCUT2D eigenvalue weighted by atomic mass is 32.1. The number of aryl methyl sites for hydroxylation is 2. The zero-order valence-electron chi connectivity index (χ0n) is 15.5. The summed E-state index contributed by atoms with van der Waals surface area (Å²) in [5.41, 5.74) is 5.13. The summed E-state index contributed by atoms with van der Waals surface area (Å²) in [6, 6.07) is 15.7. The molecule has 0 aliphatic carbocycles. The quantitative estimate of drug-likeness (QED) is 0.561. The molecule has 1 N–H and O–H groups in total. The van der Waals surface area contributed by atoms with Crippen LogP contribution in [0.1, 0.15) is 11.1 Å². The Balaban J connectivity index is 1.42. The molecule has 0 unspecified atom stereocenters. The molecule has 0 radical (unpaired) electrons. The maximum absolute atomic E-state index is 12.3. The Labute approximate surface area is 166 Å². The molecule has 140 valence electrons. The molecular weight excluding hydrogens is 372 g/mol. The van der Waals surface area contributed by atoms with Crippen molar-refractivity contribution in [3.05, 3.63) is 65.0 Å². The smallest absolute Gasteiger partial charge is 0.249 e. The summed E-state index contributed by atoms with van der Waals surface area (Å²) in [6.07, 6.45) is 0. The molecule has 0 saturated heterocycles. The number of nitrogens with one attached hydrogen (secondary N) is 1. The Hall–Kier alpha value is -3.39. The number of amides is 1. The maximum atomic E-state index is 12.3. The van der Waals surface area contributed by atoms with E-state index in [4.69, 9.17) is 0 Å². The van der Waals surface area contributed by atoms with Crippen LogP contribution in [-0.2, 0) is 11.3 Å². The third kappa shape index (κ3) is 3.96. The van der Waals surface area contributed by atoms with Crippen LogP contribution in [0.3, 0.4) is 0 Å². The minimum Gasteiger partial charge on any atom is -0.300 e. The molecule has 4 aromatic rings. The summed E-state index contributed by atoms with van der Waals surface area (Å²) < 4.78 is 0. The van der Waals surface area contributed by atoms with Gasteiger partial charge in [0, 0.05) is 16.5 Å². The average Bonchev–Trinajstić information content (AvgIpc) is 3.32. The molecule has 2 heterocycles. The summed E-state index contributed by atoms with van der Waals surface area (Å²) in [6.45, 7) is 4.09. The molecule has 0 atom stereocenters. The molecule has 0 spiro atoms. The van der Waals surface area contributed by atoms with Crippen LogP contribution in [0.5, 0.6) is 0 Å². The van der Waals surface area contributed by atoms with E-state index in [1.807, 2.05) is 35.7 Å². The Kier molecular flexibility index (Phi) is 4.94. The SMILES string of the molecule is Cc1ccc(-c2csc(NC(=O)Cn3nnc(-c4ccccc4)n3)n2)c(C)c1. The summed E-state index contributed by atoms with van der Waals surface area (Å²) in [5.74, 6) is 0.235. The number of nitrogens with zero attached hydrogens (tertiary/aromatic N) is 5. The largest absolute Gasteiger partial charge is 0.300 e. The van der Waals surface area contributed by atoms with Gasteiger partial charge in [-0.15, -0.1) is 21.5 Å². The Morgan fingerprint density at radius 1 is 1.14 bits per heavy atom. The Bertz CT molecular complexity index is 1120. The first-order valence-corrected chi connectivity index (χ1v) is 9.63. The van der Waals surface area contributed by atoms with Crippen molar-refractivity contribution in [2.24, 2.45) is 0 Å². The van der Waals surface area contributed by atoms with Crippen LogP contribution in [0.25, 0.3) is 22.6 Å². The highest BCUT2D eigenvalue weighted by Gasteiger charge is 2.12. The fourth-order valence-electron chi connectivity index (χ4n) is 2.86. The van der Waals surface area contributed by atoms with E-state index < -0.39 is 0 Å². The molecule has 28 heavy (non-hydrogen) atoms. The van der Waals surface area contributed by atoms with Gasteiger partial charge in [-0.25, -0.2) is 4.98 Å². The minimum absolute atomic E-state index is 0.0295. The Morgan fingerprint density at radius 2 is 1.96 bits per heavy atom. The van der Waals surface area contributed by atoms with Crippen molar-refractivity contribution in [1.29, 1.82) is 0 Å². The van der Waals surface area contributed by atoms with Crippen molar-refractivity contribution in [2.75, 3.05) is 5.32 Å². The van der Waals surface area contributed by atoms with E-state index in [0.29, 0.717) is 11.0 Å². The molecule has 2 aromatic carbocycles. The van der Waals surface area contributed by atoms with Gasteiger partial charge in [0.25, 0.3) is 0 Å². The van der Waals surface area contributed by atoms with Crippen LogP contribution in [0.2, 0.25) is 0 Å². The van der Waals surface area contributed by atoms with Crippen molar-refractivity contribution in [1.82, 2.24) is 25.2 Å². The minimum atomic E-state index is -0.251. The van der Waals surface area contributed by atoms with Crippen LogP contribution in [0.4, 0.5) is 5.13 Å². The van der Waals surface area contributed by atoms with E-state index in [0.717, 1.165) is 22.4 Å². The normalized spacial score (nSPS) is 10.8. The van der Waals surface area contributed by atoms with Gasteiger partial charge < -0.3 is 5.32 Å². The van der Waals surface area contributed by atoms with Crippen LogP contribution in [0.15, 0.2) is 53.9 Å². The fraction of sp³-hybridized carbons (Fsp3) is 0.150. The van der Waals surface area contributed by atoms with Crippen molar-refractivity contribution in [2.45, 2.75) is 20.4 Å². The zero-order chi connectivity index (χ0) is 19.5. The van der Waals surface area contributed by atoms with Crippen molar-refractivity contribution < 1.29 is 4.79 Å². The highest BCUT2D eigenvalue weighted by molar-refractivity contribution is 7.14. The van der Waals surface area contributed by atoms with E-state index in [1.165, 1.54) is 21.7 Å². The molecular formula is C20H18N6OS. The number of tetrazole rings is 1. The number of benzene rings is 2. The summed E-state index contributed by atoms with van der Waals surface area (Å²) in [4.78, 5) is 18.1. The molecule has 0 saturated carbocycles. The molecule has 1 amide bonds. The van der Waals surface area contributed by atoms with E-state index in [1.54, 1.807) is 0 Å². The average molecular weight is 390 g/mol. The van der Waals surface area contributed by atoms with E-state index >= 15 is 0 Å². The number of anilines is 1. The number of carbonyl (C=O) groups excluding carboxylic acids is 1. The second kappa shape index (κ2) is 7.69. The second-order valence-corrected chi connectivity index (χ2v) is 7.27. The number of thiazole rings is 1. The molecule has 0 bridgehead atoms. The number of rotatable bonds is 5. The van der Waals surface area contributed by atoms with Gasteiger partial charge in [0.2, 0.25) is 11.7 Å². The van der Waals surface area contributed by atoms with Gasteiger partial charge in [-0.05, 0) is 24.6 Å². The van der Waals surface area contributed by atoms with Crippen LogP contribution in [0, 0.1) is 13.8 Å². The monoisotopic (exact) mass is 390 g/mol. The topological polar surface area (TPSA) is 85.6 Å². The highest BCUT2D eigenvalue weighted by Crippen LogP contribution is 2.28. The van der Waals surface area contributed by atoms with Crippen molar-refractivity contribution >= 4 is 22.4 Å². The van der Waals surface area contributed by atoms with E-state index in [9.17, 15) is 4.79 Å². The number of hydrogen-bond acceptors (Lipinski definition) is 6. The molecule has 7 nitrogen and oxygen atoms in total. The number of aromatic nitrogens is 5. The standard InChI is InChI=1S/C20H18N6OS/c1-13-8-9-16(14(2)10-13)17-12-28-20(21-17)22-18(27)11-26-24-19(23-25-26)15-6-4-3-5-7-15/h3-10,12H,11H2,1-2H3,(H,21,22,27). The van der Waals surface area contributed by atoms with Gasteiger partial charge in [-0.2, -0.15) is 4.80 Å². The first-order chi connectivity index (χ1) is 13.6. The third-order valence-electron chi connectivity index (χ3n) is 4.18. The number of hydrogen-bond donors (Lipinski definition) is 1. The van der Waals surface area contributed by atoms with Gasteiger partial charge in [0.05, 0.1) is 5.69 Å². The van der Waals surface area contributed by atoms with Crippen LogP contribution >= 0.6 is 11.3 Å². The molecule has 2 aromatic heterocycles. The summed E-state index contributed by atoms with van der Waals surface area (Å²) in [5, 5.41) is 17.5. The first kappa shape index (κ1) is 18.0. The lowest BCUT2D eigenvalue weighted by Gasteiger charge is -2.03. The summed E-state index contributed by atoms with van der Waals surface area (Å²) >= 11 is 1.39. The third-order valence-corrected chi connectivity index (χ3v) is 4.94. The predicted octanol–water partition coefficient (Wildman–Crippen LogP) is 3.72. The predicted molar refractivity (Wildman–Crippen MR) is 109 cm³/mol. The lowest BCUT2D eigenvalue weighted by molar-refractivity contribution is -0.117. The molecule has 0 fully saturated rings. The fourth-order valence-corrected chi connectivity index (χ4v) is 3.58. The molecule has 8 heteroatoms. The van der Waals surface area contributed by atoms with Crippen LogP contribution in [-0.4, -0.2) is 31.1 Å². The lowest BCUT2D eigenvalue weighted by atomic mass is 10.0. The Morgan fingerprint density at radius 3 is 2.75 bits per heavy atom. The van der Waals surface area contributed by atoms with Gasteiger partial charge in [0.15, 0.2) is 5.13 Å². The van der Waals surface area contributed by atoms with E-state index in [2.05, 4.69) is 57.8 Å². The molecule has 0 aliphatic rings. The molecule has 4 rings (SSSR count). The maximum Gasteiger partial charge on any atom is 0.249 e. The van der Waals surface area contributed by atoms with Crippen molar-refractivity contribution in [3.63, 3.8) is 0 Å². The second-order valence-electron chi connectivity index (χ2n) is 6.41. The summed E-state index contributed by atoms with van der Waals surface area (Å²) in [7, 11) is 0. The van der Waals surface area contributed by atoms with E-state index in [-0.39, 0.29) is 12.5 Å². The number of carbonyl (C=O) groups is 1. The van der Waals surface area contributed by atoms with Crippen LogP contribution < -0.4 is 5.32 Å². The van der Waals surface area contributed by atoms with Gasteiger partial charge in [-0.3, -0.25) is 4.79 Å².